The predicted octanol–water partition coefficient (Wildman–Crippen LogP) is 24.7. The second kappa shape index (κ2) is 69.1. The van der Waals surface area contributed by atoms with E-state index in [9.17, 15) is 14.4 Å². The molecule has 80 heavy (non-hydrogen) atoms. The topological polar surface area (TPSA) is 78.9 Å². The number of unbranched alkanes of at least 4 members (excludes halogenated alkanes) is 50. The fourth-order valence-corrected chi connectivity index (χ4v) is 11.1. The second-order valence-corrected chi connectivity index (χ2v) is 24.5. The smallest absolute Gasteiger partial charge is 0.306 e. The van der Waals surface area contributed by atoms with E-state index in [-0.39, 0.29) is 31.1 Å². The first-order valence-electron chi connectivity index (χ1n) is 36.0. The average Bonchev–Trinajstić information content (AvgIpc) is 3.46. The van der Waals surface area contributed by atoms with Crippen LogP contribution in [0.2, 0.25) is 0 Å². The lowest BCUT2D eigenvalue weighted by atomic mass is 10.0. The molecule has 0 aromatic heterocycles. The highest BCUT2D eigenvalue weighted by molar-refractivity contribution is 5.71. The molecule has 0 amide bonds. The summed E-state index contributed by atoms with van der Waals surface area (Å²) in [5, 5.41) is 0. The number of hydrogen-bond donors (Lipinski definition) is 0. The van der Waals surface area contributed by atoms with Crippen molar-refractivity contribution in [2.24, 2.45) is 0 Å². The van der Waals surface area contributed by atoms with Gasteiger partial charge in [0.25, 0.3) is 0 Å². The molecule has 1 unspecified atom stereocenters. The monoisotopic (exact) mass is 1120 g/mol. The SMILES string of the molecule is CC/C=C\C/C=C\C/C=C\CCCCCCCC(=O)OCC(COC(=O)CCCCCCCCCCCCCCCCCCCCCCCCCCCC)OC(=O)CCCCCCCCCCCCCCCCCCCCCCC. The van der Waals surface area contributed by atoms with Crippen molar-refractivity contribution in [1.29, 1.82) is 0 Å². The van der Waals surface area contributed by atoms with Gasteiger partial charge in [0.2, 0.25) is 0 Å². The molecular weight excluding hydrogens is 985 g/mol. The van der Waals surface area contributed by atoms with Crippen molar-refractivity contribution < 1.29 is 28.6 Å². The molecule has 0 aliphatic heterocycles. The maximum Gasteiger partial charge on any atom is 0.306 e. The molecule has 0 bridgehead atoms. The Labute approximate surface area is 499 Å². The molecule has 0 saturated heterocycles. The van der Waals surface area contributed by atoms with Crippen LogP contribution >= 0.6 is 0 Å². The molecule has 0 heterocycles. The molecule has 6 nitrogen and oxygen atoms in total. The van der Waals surface area contributed by atoms with Crippen LogP contribution in [0.15, 0.2) is 36.5 Å². The Hall–Kier alpha value is -2.37. The van der Waals surface area contributed by atoms with Gasteiger partial charge in [0.1, 0.15) is 13.2 Å². The third-order valence-electron chi connectivity index (χ3n) is 16.4. The van der Waals surface area contributed by atoms with Crippen molar-refractivity contribution in [3.8, 4) is 0 Å². The number of allylic oxidation sites excluding steroid dienone is 6. The molecule has 0 aliphatic carbocycles. The minimum absolute atomic E-state index is 0.0718. The van der Waals surface area contributed by atoms with Gasteiger partial charge >= 0.3 is 17.9 Å². The molecule has 0 aliphatic rings. The Bertz CT molecular complexity index is 1340. The molecule has 0 N–H and O–H groups in total. The minimum Gasteiger partial charge on any atom is -0.462 e. The van der Waals surface area contributed by atoms with Gasteiger partial charge in [-0.15, -0.1) is 0 Å². The molecule has 470 valence electrons. The van der Waals surface area contributed by atoms with E-state index in [0.29, 0.717) is 19.3 Å². The molecule has 0 rings (SSSR count). The predicted molar refractivity (Wildman–Crippen MR) is 349 cm³/mol. The van der Waals surface area contributed by atoms with Crippen molar-refractivity contribution in [2.45, 2.75) is 406 Å². The van der Waals surface area contributed by atoms with Crippen LogP contribution in [0.5, 0.6) is 0 Å². The minimum atomic E-state index is -0.777. The van der Waals surface area contributed by atoms with E-state index in [1.54, 1.807) is 0 Å². The lowest BCUT2D eigenvalue weighted by molar-refractivity contribution is -0.167. The summed E-state index contributed by atoms with van der Waals surface area (Å²) >= 11 is 0. The van der Waals surface area contributed by atoms with Crippen LogP contribution in [-0.4, -0.2) is 37.2 Å². The molecule has 0 aromatic rings. The number of esters is 3. The van der Waals surface area contributed by atoms with Crippen LogP contribution in [0.3, 0.4) is 0 Å². The molecule has 0 saturated carbocycles. The Kier molecular flexibility index (Phi) is 67.1. The molecule has 0 aromatic carbocycles. The molecule has 0 radical (unpaired) electrons. The molecule has 1 atom stereocenters. The van der Waals surface area contributed by atoms with E-state index in [2.05, 4.69) is 57.2 Å². The van der Waals surface area contributed by atoms with Gasteiger partial charge in [-0.25, -0.2) is 0 Å². The van der Waals surface area contributed by atoms with Gasteiger partial charge in [0, 0.05) is 19.3 Å². The third-order valence-corrected chi connectivity index (χ3v) is 16.4. The maximum atomic E-state index is 13.0. The zero-order valence-corrected chi connectivity index (χ0v) is 54.1. The van der Waals surface area contributed by atoms with Gasteiger partial charge in [-0.05, 0) is 51.4 Å². The van der Waals surface area contributed by atoms with Gasteiger partial charge < -0.3 is 14.2 Å². The summed E-state index contributed by atoms with van der Waals surface area (Å²) < 4.78 is 17.0. The highest BCUT2D eigenvalue weighted by Crippen LogP contribution is 2.19. The first-order valence-corrected chi connectivity index (χ1v) is 36.0. The first kappa shape index (κ1) is 77.6. The van der Waals surface area contributed by atoms with Gasteiger partial charge in [-0.3, -0.25) is 14.4 Å². The summed E-state index contributed by atoms with van der Waals surface area (Å²) in [6, 6.07) is 0. The summed E-state index contributed by atoms with van der Waals surface area (Å²) in [6.45, 7) is 6.60. The average molecular weight is 1120 g/mol. The van der Waals surface area contributed by atoms with Crippen molar-refractivity contribution in [1.82, 2.24) is 0 Å². The van der Waals surface area contributed by atoms with Crippen LogP contribution in [0.1, 0.15) is 400 Å². The van der Waals surface area contributed by atoms with Crippen LogP contribution in [-0.2, 0) is 28.6 Å². The fourth-order valence-electron chi connectivity index (χ4n) is 11.1. The second-order valence-electron chi connectivity index (χ2n) is 24.5. The Morgan fingerprint density at radius 3 is 0.762 bits per heavy atom. The number of ether oxygens (including phenoxy) is 3. The van der Waals surface area contributed by atoms with Crippen molar-refractivity contribution >= 4 is 17.9 Å². The Balaban J connectivity index is 4.24. The number of carbonyl (C=O) groups excluding carboxylic acids is 3. The van der Waals surface area contributed by atoms with Crippen LogP contribution in [0, 0.1) is 0 Å². The molecule has 6 heteroatoms. The van der Waals surface area contributed by atoms with E-state index in [0.717, 1.165) is 96.3 Å². The van der Waals surface area contributed by atoms with Gasteiger partial charge in [0.05, 0.1) is 0 Å². The quantitative estimate of drug-likeness (QED) is 0.0261. The van der Waals surface area contributed by atoms with Crippen molar-refractivity contribution in [3.63, 3.8) is 0 Å². The van der Waals surface area contributed by atoms with Gasteiger partial charge in [-0.1, -0.05) is 365 Å². The number of rotatable bonds is 67. The number of hydrogen-bond acceptors (Lipinski definition) is 6. The highest BCUT2D eigenvalue weighted by atomic mass is 16.6. The van der Waals surface area contributed by atoms with E-state index < -0.39 is 6.10 Å². The standard InChI is InChI=1S/C74H138O6/c1-4-7-10-13-16-19-22-25-28-30-32-34-35-36-37-38-40-41-43-46-49-52-55-58-61-64-67-73(76)79-70-71(69-78-72(75)66-63-60-57-54-51-48-45-27-24-21-18-15-12-9-6-3)80-74(77)68-65-62-59-56-53-50-47-44-42-39-33-31-29-26-23-20-17-14-11-8-5-2/h9,12,18,21,27,45,71H,4-8,10-11,13-17,19-20,22-26,28-44,46-70H2,1-3H3/b12-9-,21-18-,45-27-. The molecule has 0 spiro atoms. The van der Waals surface area contributed by atoms with Crippen LogP contribution < -0.4 is 0 Å². The summed E-state index contributed by atoms with van der Waals surface area (Å²) in [5.41, 5.74) is 0. The lowest BCUT2D eigenvalue weighted by Gasteiger charge is -2.18. The molecular formula is C74H138O6. The Morgan fingerprint density at radius 2 is 0.487 bits per heavy atom. The lowest BCUT2D eigenvalue weighted by Crippen LogP contribution is -2.30. The van der Waals surface area contributed by atoms with E-state index in [4.69, 9.17) is 14.2 Å². The maximum absolute atomic E-state index is 13.0. The third kappa shape index (κ3) is 66.4. The highest BCUT2D eigenvalue weighted by Gasteiger charge is 2.19. The summed E-state index contributed by atoms with van der Waals surface area (Å²) in [7, 11) is 0. The largest absolute Gasteiger partial charge is 0.462 e. The molecule has 0 fully saturated rings. The van der Waals surface area contributed by atoms with Crippen molar-refractivity contribution in [2.75, 3.05) is 13.2 Å². The summed E-state index contributed by atoms with van der Waals surface area (Å²) in [5.74, 6) is -0.858. The van der Waals surface area contributed by atoms with Crippen molar-refractivity contribution in [3.05, 3.63) is 36.5 Å². The van der Waals surface area contributed by atoms with E-state index in [1.165, 1.54) is 263 Å². The summed E-state index contributed by atoms with van der Waals surface area (Å²) in [4.78, 5) is 38.5. The number of carbonyl (C=O) groups is 3. The zero-order chi connectivity index (χ0) is 57.8. The first-order chi connectivity index (χ1) is 39.5. The van der Waals surface area contributed by atoms with E-state index in [1.807, 2.05) is 0 Å². The van der Waals surface area contributed by atoms with Gasteiger partial charge in [0.15, 0.2) is 6.10 Å². The summed E-state index contributed by atoms with van der Waals surface area (Å²) in [6.07, 6.45) is 86.1. The fraction of sp³-hybridized carbons (Fsp3) is 0.878. The van der Waals surface area contributed by atoms with E-state index >= 15 is 0 Å². The van der Waals surface area contributed by atoms with Crippen LogP contribution in [0.4, 0.5) is 0 Å². The Morgan fingerprint density at radius 1 is 0.263 bits per heavy atom. The normalized spacial score (nSPS) is 12.2. The van der Waals surface area contributed by atoms with Crippen LogP contribution in [0.25, 0.3) is 0 Å². The van der Waals surface area contributed by atoms with Gasteiger partial charge in [-0.2, -0.15) is 0 Å². The zero-order valence-electron chi connectivity index (χ0n) is 54.1.